The van der Waals surface area contributed by atoms with Crippen LogP contribution in [0.2, 0.25) is 5.02 Å². The summed E-state index contributed by atoms with van der Waals surface area (Å²) in [4.78, 5) is 23.9. The summed E-state index contributed by atoms with van der Waals surface area (Å²) in [5.41, 5.74) is 4.06. The molecule has 6 nitrogen and oxygen atoms in total. The van der Waals surface area contributed by atoms with Gasteiger partial charge in [-0.1, -0.05) is 54.1 Å². The Hall–Kier alpha value is -2.86. The van der Waals surface area contributed by atoms with E-state index >= 15 is 0 Å². The van der Waals surface area contributed by atoms with Crippen molar-refractivity contribution in [1.29, 1.82) is 0 Å². The Bertz CT molecular complexity index is 748. The fraction of sp³-hybridized carbons (Fsp3) is 0.211. The highest BCUT2D eigenvalue weighted by Crippen LogP contribution is 2.16. The fourth-order valence-corrected chi connectivity index (χ4v) is 2.34. The molecule has 0 radical (unpaired) electrons. The molecule has 2 rings (SSSR count). The van der Waals surface area contributed by atoms with Crippen molar-refractivity contribution < 1.29 is 14.3 Å². The molecule has 0 spiro atoms. The number of carbonyl (C=O) groups excluding carboxylic acids is 2. The molecule has 0 aliphatic rings. The van der Waals surface area contributed by atoms with Gasteiger partial charge in [-0.25, -0.2) is 10.2 Å². The second kappa shape index (κ2) is 10.2. The zero-order valence-electron chi connectivity index (χ0n) is 14.3. The van der Waals surface area contributed by atoms with Crippen molar-refractivity contribution >= 4 is 29.8 Å². The van der Waals surface area contributed by atoms with Crippen molar-refractivity contribution in [2.75, 3.05) is 6.61 Å². The fourth-order valence-electron chi connectivity index (χ4n) is 2.21. The first-order valence-corrected chi connectivity index (χ1v) is 8.52. The third-order valence-corrected chi connectivity index (χ3v) is 3.68. The van der Waals surface area contributed by atoms with Crippen LogP contribution >= 0.6 is 11.6 Å². The number of hydrogen-bond donors (Lipinski definition) is 2. The van der Waals surface area contributed by atoms with Crippen molar-refractivity contribution in [2.24, 2.45) is 5.10 Å². The van der Waals surface area contributed by atoms with E-state index < -0.39 is 12.1 Å². The Labute approximate surface area is 157 Å². The summed E-state index contributed by atoms with van der Waals surface area (Å²) < 4.78 is 4.90. The maximum absolute atomic E-state index is 12.2. The van der Waals surface area contributed by atoms with Gasteiger partial charge in [0, 0.05) is 5.02 Å². The number of hydrazone groups is 1. The lowest BCUT2D eigenvalue weighted by molar-refractivity contribution is -0.121. The molecule has 2 N–H and O–H groups in total. The van der Waals surface area contributed by atoms with Gasteiger partial charge in [-0.3, -0.25) is 4.79 Å². The first kappa shape index (κ1) is 19.5. The summed E-state index contributed by atoms with van der Waals surface area (Å²) in [6.07, 6.45) is 0.976. The Balaban J connectivity index is 1.96. The van der Waals surface area contributed by atoms with E-state index in [1.54, 1.807) is 31.2 Å². The van der Waals surface area contributed by atoms with Gasteiger partial charge in [-0.15, -0.1) is 0 Å². The van der Waals surface area contributed by atoms with Gasteiger partial charge in [0.1, 0.15) is 0 Å². The van der Waals surface area contributed by atoms with Crippen LogP contribution in [0.3, 0.4) is 0 Å². The number of hydrogen-bond acceptors (Lipinski definition) is 4. The second-order valence-electron chi connectivity index (χ2n) is 5.38. The van der Waals surface area contributed by atoms with E-state index in [0.717, 1.165) is 11.1 Å². The van der Waals surface area contributed by atoms with Crippen molar-refractivity contribution in [1.82, 2.24) is 10.7 Å². The minimum Gasteiger partial charge on any atom is -0.450 e. The number of halogens is 1. The lowest BCUT2D eigenvalue weighted by Crippen LogP contribution is -2.33. The monoisotopic (exact) mass is 373 g/mol. The van der Waals surface area contributed by atoms with Crippen LogP contribution in [0.25, 0.3) is 0 Å². The molecule has 2 aromatic carbocycles. The van der Waals surface area contributed by atoms with E-state index in [-0.39, 0.29) is 18.9 Å². The predicted molar refractivity (Wildman–Crippen MR) is 101 cm³/mol. The SMILES string of the molecule is CCOC(=O)N[C@H](CC(=O)N/N=C\c1ccc(Cl)cc1)c1ccccc1. The Morgan fingerprint density at radius 1 is 1.15 bits per heavy atom. The van der Waals surface area contributed by atoms with Crippen molar-refractivity contribution in [3.63, 3.8) is 0 Å². The molecule has 0 heterocycles. The van der Waals surface area contributed by atoms with Crippen molar-refractivity contribution in [3.05, 3.63) is 70.7 Å². The second-order valence-corrected chi connectivity index (χ2v) is 5.81. The minimum absolute atomic E-state index is 0.0286. The molecule has 0 aliphatic heterocycles. The Kier molecular flexibility index (Phi) is 7.64. The third-order valence-electron chi connectivity index (χ3n) is 3.43. The van der Waals surface area contributed by atoms with Gasteiger partial charge in [-0.2, -0.15) is 5.10 Å². The van der Waals surface area contributed by atoms with E-state index in [4.69, 9.17) is 16.3 Å². The smallest absolute Gasteiger partial charge is 0.407 e. The summed E-state index contributed by atoms with van der Waals surface area (Å²) in [5.74, 6) is -0.333. The zero-order chi connectivity index (χ0) is 18.8. The van der Waals surface area contributed by atoms with Crippen LogP contribution in [-0.2, 0) is 9.53 Å². The van der Waals surface area contributed by atoms with E-state index in [1.165, 1.54) is 6.21 Å². The molecule has 1 atom stereocenters. The van der Waals surface area contributed by atoms with Gasteiger partial charge < -0.3 is 10.1 Å². The molecule has 2 amide bonds. The number of ether oxygens (including phenoxy) is 1. The highest BCUT2D eigenvalue weighted by Gasteiger charge is 2.18. The van der Waals surface area contributed by atoms with Gasteiger partial charge in [0.2, 0.25) is 5.91 Å². The average Bonchev–Trinajstić information content (AvgIpc) is 2.64. The first-order chi connectivity index (χ1) is 12.6. The number of benzene rings is 2. The summed E-state index contributed by atoms with van der Waals surface area (Å²) >= 11 is 5.82. The maximum Gasteiger partial charge on any atom is 0.407 e. The topological polar surface area (TPSA) is 79.8 Å². The number of alkyl carbamates (subject to hydrolysis) is 1. The zero-order valence-corrected chi connectivity index (χ0v) is 15.1. The van der Waals surface area contributed by atoms with E-state index in [1.807, 2.05) is 30.3 Å². The molecule has 0 fully saturated rings. The largest absolute Gasteiger partial charge is 0.450 e. The molecule has 2 aromatic rings. The van der Waals surface area contributed by atoms with Gasteiger partial charge in [0.25, 0.3) is 0 Å². The predicted octanol–water partition coefficient (Wildman–Crippen LogP) is 3.67. The van der Waals surface area contributed by atoms with Crippen LogP contribution in [0, 0.1) is 0 Å². The standard InChI is InChI=1S/C19H20ClN3O3/c1-2-26-19(25)22-17(15-6-4-3-5-7-15)12-18(24)23-21-13-14-8-10-16(20)11-9-14/h3-11,13,17H,2,12H2,1H3,(H,22,25)(H,23,24)/b21-13-/t17-/m1/s1. The average molecular weight is 374 g/mol. The normalized spacial score (nSPS) is 11.8. The number of rotatable bonds is 7. The molecule has 136 valence electrons. The molecule has 0 saturated heterocycles. The quantitative estimate of drug-likeness (QED) is 0.574. The molecule has 0 saturated carbocycles. The molecule has 7 heteroatoms. The lowest BCUT2D eigenvalue weighted by Gasteiger charge is -2.18. The van der Waals surface area contributed by atoms with Crippen LogP contribution < -0.4 is 10.7 Å². The molecular formula is C19H20ClN3O3. The van der Waals surface area contributed by atoms with Crippen LogP contribution in [0.4, 0.5) is 4.79 Å². The van der Waals surface area contributed by atoms with Gasteiger partial charge >= 0.3 is 6.09 Å². The molecule has 0 bridgehead atoms. The van der Waals surface area contributed by atoms with Gasteiger partial charge in [0.15, 0.2) is 0 Å². The number of nitrogens with one attached hydrogen (secondary N) is 2. The molecule has 0 aromatic heterocycles. The lowest BCUT2D eigenvalue weighted by atomic mass is 10.0. The molecular weight excluding hydrogens is 354 g/mol. The Morgan fingerprint density at radius 2 is 1.85 bits per heavy atom. The van der Waals surface area contributed by atoms with Gasteiger partial charge in [0.05, 0.1) is 25.3 Å². The number of amides is 2. The summed E-state index contributed by atoms with van der Waals surface area (Å²) in [5, 5.41) is 7.24. The molecule has 0 aliphatic carbocycles. The highest BCUT2D eigenvalue weighted by atomic mass is 35.5. The van der Waals surface area contributed by atoms with E-state index in [0.29, 0.717) is 5.02 Å². The van der Waals surface area contributed by atoms with Crippen molar-refractivity contribution in [2.45, 2.75) is 19.4 Å². The summed E-state index contributed by atoms with van der Waals surface area (Å²) in [7, 11) is 0. The maximum atomic E-state index is 12.2. The summed E-state index contributed by atoms with van der Waals surface area (Å²) in [6, 6.07) is 15.7. The van der Waals surface area contributed by atoms with E-state index in [9.17, 15) is 9.59 Å². The van der Waals surface area contributed by atoms with Gasteiger partial charge in [-0.05, 0) is 30.2 Å². The van der Waals surface area contributed by atoms with Crippen LogP contribution in [0.5, 0.6) is 0 Å². The highest BCUT2D eigenvalue weighted by molar-refractivity contribution is 6.30. The summed E-state index contributed by atoms with van der Waals surface area (Å²) in [6.45, 7) is 1.97. The molecule has 26 heavy (non-hydrogen) atoms. The first-order valence-electron chi connectivity index (χ1n) is 8.14. The van der Waals surface area contributed by atoms with Crippen LogP contribution in [-0.4, -0.2) is 24.8 Å². The Morgan fingerprint density at radius 3 is 2.50 bits per heavy atom. The minimum atomic E-state index is -0.571. The third kappa shape index (κ3) is 6.57. The number of carbonyl (C=O) groups is 2. The van der Waals surface area contributed by atoms with E-state index in [2.05, 4.69) is 15.8 Å². The van der Waals surface area contributed by atoms with Crippen molar-refractivity contribution in [3.8, 4) is 0 Å². The number of nitrogens with zero attached hydrogens (tertiary/aromatic N) is 1. The van der Waals surface area contributed by atoms with Crippen LogP contribution in [0.15, 0.2) is 59.7 Å². The van der Waals surface area contributed by atoms with Crippen LogP contribution in [0.1, 0.15) is 30.5 Å². The molecule has 0 unspecified atom stereocenters.